The molecule has 1 atom stereocenters. The van der Waals surface area contributed by atoms with Crippen LogP contribution in [-0.2, 0) is 9.59 Å². The molecule has 0 heterocycles. The monoisotopic (exact) mass is 304 g/mol. The van der Waals surface area contributed by atoms with Gasteiger partial charge in [-0.3, -0.25) is 9.59 Å². The Morgan fingerprint density at radius 2 is 1.86 bits per heavy atom. The first-order valence-corrected chi connectivity index (χ1v) is 7.91. The number of carbonyl (C=O) groups is 2. The van der Waals surface area contributed by atoms with E-state index in [1.165, 1.54) is 6.92 Å². The smallest absolute Gasteiger partial charge is 0.247 e. The second-order valence-corrected chi connectivity index (χ2v) is 5.67. The average Bonchev–Trinajstić information content (AvgIpc) is 3.01. The first-order valence-electron chi connectivity index (χ1n) is 7.91. The SMILES string of the molecule is CCOc1ccc(NC(=O)C(NC(C)=O)C2CCCC2)cc1. The van der Waals surface area contributed by atoms with Crippen molar-refractivity contribution in [3.05, 3.63) is 24.3 Å². The van der Waals surface area contributed by atoms with Gasteiger partial charge in [0.05, 0.1) is 6.61 Å². The van der Waals surface area contributed by atoms with Gasteiger partial charge in [0.15, 0.2) is 0 Å². The normalized spacial score (nSPS) is 16.1. The molecule has 1 aliphatic rings. The fraction of sp³-hybridized carbons (Fsp3) is 0.529. The van der Waals surface area contributed by atoms with Crippen LogP contribution in [-0.4, -0.2) is 24.5 Å². The van der Waals surface area contributed by atoms with Crippen molar-refractivity contribution in [2.75, 3.05) is 11.9 Å². The third-order valence-electron chi connectivity index (χ3n) is 3.95. The van der Waals surface area contributed by atoms with Crippen LogP contribution in [0.15, 0.2) is 24.3 Å². The summed E-state index contributed by atoms with van der Waals surface area (Å²) in [5, 5.41) is 5.68. The Hall–Kier alpha value is -2.04. The maximum Gasteiger partial charge on any atom is 0.247 e. The molecule has 22 heavy (non-hydrogen) atoms. The van der Waals surface area contributed by atoms with Gasteiger partial charge >= 0.3 is 0 Å². The van der Waals surface area contributed by atoms with Crippen LogP contribution in [0.2, 0.25) is 0 Å². The first-order chi connectivity index (χ1) is 10.6. The molecule has 0 spiro atoms. The van der Waals surface area contributed by atoms with Gasteiger partial charge in [-0.05, 0) is 49.9 Å². The van der Waals surface area contributed by atoms with Crippen LogP contribution in [0.3, 0.4) is 0 Å². The van der Waals surface area contributed by atoms with Crippen LogP contribution in [0.5, 0.6) is 5.75 Å². The number of anilines is 1. The van der Waals surface area contributed by atoms with Crippen molar-refractivity contribution in [2.24, 2.45) is 5.92 Å². The molecule has 1 aliphatic carbocycles. The molecule has 1 saturated carbocycles. The third kappa shape index (κ3) is 4.48. The molecule has 1 aromatic rings. The van der Waals surface area contributed by atoms with Crippen LogP contribution in [0.25, 0.3) is 0 Å². The van der Waals surface area contributed by atoms with Crippen LogP contribution in [0.1, 0.15) is 39.5 Å². The minimum Gasteiger partial charge on any atom is -0.494 e. The molecular formula is C17H24N2O3. The van der Waals surface area contributed by atoms with Crippen molar-refractivity contribution >= 4 is 17.5 Å². The van der Waals surface area contributed by atoms with Gasteiger partial charge in [-0.25, -0.2) is 0 Å². The van der Waals surface area contributed by atoms with Crippen molar-refractivity contribution in [3.8, 4) is 5.75 Å². The van der Waals surface area contributed by atoms with E-state index in [-0.39, 0.29) is 17.7 Å². The van der Waals surface area contributed by atoms with Gasteiger partial charge in [0.25, 0.3) is 0 Å². The summed E-state index contributed by atoms with van der Waals surface area (Å²) in [6.07, 6.45) is 4.22. The molecule has 1 aromatic carbocycles. The Balaban J connectivity index is 2.01. The summed E-state index contributed by atoms with van der Waals surface area (Å²) in [6, 6.07) is 6.81. The number of amides is 2. The molecule has 0 saturated heterocycles. The first kappa shape index (κ1) is 16.3. The highest BCUT2D eigenvalue weighted by atomic mass is 16.5. The minimum atomic E-state index is -0.452. The summed E-state index contributed by atoms with van der Waals surface area (Å²) in [7, 11) is 0. The maximum absolute atomic E-state index is 12.5. The molecule has 0 bridgehead atoms. The Morgan fingerprint density at radius 1 is 1.23 bits per heavy atom. The number of carbonyl (C=O) groups excluding carboxylic acids is 2. The molecule has 1 fully saturated rings. The van der Waals surface area contributed by atoms with E-state index in [0.29, 0.717) is 12.3 Å². The zero-order chi connectivity index (χ0) is 15.9. The highest BCUT2D eigenvalue weighted by molar-refractivity contribution is 5.97. The predicted octanol–water partition coefficient (Wildman–Crippen LogP) is 2.72. The van der Waals surface area contributed by atoms with Gasteiger partial charge in [0.1, 0.15) is 11.8 Å². The van der Waals surface area contributed by atoms with Crippen molar-refractivity contribution in [1.82, 2.24) is 5.32 Å². The van der Waals surface area contributed by atoms with Gasteiger partial charge in [0, 0.05) is 12.6 Å². The molecule has 0 radical (unpaired) electrons. The van der Waals surface area contributed by atoms with E-state index < -0.39 is 6.04 Å². The Bertz CT molecular complexity index is 507. The number of hydrogen-bond donors (Lipinski definition) is 2. The van der Waals surface area contributed by atoms with E-state index in [1.54, 1.807) is 0 Å². The zero-order valence-corrected chi connectivity index (χ0v) is 13.2. The van der Waals surface area contributed by atoms with E-state index in [4.69, 9.17) is 4.74 Å². The Labute approximate surface area is 131 Å². The highest BCUT2D eigenvalue weighted by Gasteiger charge is 2.31. The quantitative estimate of drug-likeness (QED) is 0.849. The number of rotatable bonds is 6. The minimum absolute atomic E-state index is 0.147. The van der Waals surface area contributed by atoms with E-state index in [0.717, 1.165) is 31.4 Å². The molecule has 2 rings (SSSR count). The van der Waals surface area contributed by atoms with Crippen LogP contribution in [0, 0.1) is 5.92 Å². The van der Waals surface area contributed by atoms with E-state index in [2.05, 4.69) is 10.6 Å². The molecular weight excluding hydrogens is 280 g/mol. The summed E-state index contributed by atoms with van der Waals surface area (Å²) in [5.74, 6) is 0.686. The van der Waals surface area contributed by atoms with Crippen LogP contribution in [0.4, 0.5) is 5.69 Å². The van der Waals surface area contributed by atoms with Crippen molar-refractivity contribution in [3.63, 3.8) is 0 Å². The predicted molar refractivity (Wildman–Crippen MR) is 85.8 cm³/mol. The topological polar surface area (TPSA) is 67.4 Å². The van der Waals surface area contributed by atoms with Gasteiger partial charge in [-0.1, -0.05) is 12.8 Å². The largest absolute Gasteiger partial charge is 0.494 e. The summed E-state index contributed by atoms with van der Waals surface area (Å²) in [5.41, 5.74) is 0.710. The lowest BCUT2D eigenvalue weighted by Gasteiger charge is -2.23. The van der Waals surface area contributed by atoms with Crippen LogP contribution >= 0.6 is 0 Å². The number of benzene rings is 1. The van der Waals surface area contributed by atoms with Crippen LogP contribution < -0.4 is 15.4 Å². The molecule has 2 N–H and O–H groups in total. The van der Waals surface area contributed by atoms with E-state index in [1.807, 2.05) is 31.2 Å². The Morgan fingerprint density at radius 3 is 2.41 bits per heavy atom. The molecule has 120 valence electrons. The fourth-order valence-corrected chi connectivity index (χ4v) is 2.93. The van der Waals surface area contributed by atoms with Gasteiger partial charge in [-0.15, -0.1) is 0 Å². The fourth-order valence-electron chi connectivity index (χ4n) is 2.93. The highest BCUT2D eigenvalue weighted by Crippen LogP contribution is 2.28. The summed E-state index contributed by atoms with van der Waals surface area (Å²) >= 11 is 0. The van der Waals surface area contributed by atoms with Crippen molar-refractivity contribution in [2.45, 2.75) is 45.6 Å². The summed E-state index contributed by atoms with van der Waals surface area (Å²) in [4.78, 5) is 23.9. The van der Waals surface area contributed by atoms with E-state index in [9.17, 15) is 9.59 Å². The standard InChI is InChI=1S/C17H24N2O3/c1-3-22-15-10-8-14(9-11-15)19-17(21)16(18-12(2)20)13-6-4-5-7-13/h8-11,13,16H,3-7H2,1-2H3,(H,18,20)(H,19,21). The van der Waals surface area contributed by atoms with Gasteiger partial charge in [-0.2, -0.15) is 0 Å². The van der Waals surface area contributed by atoms with Gasteiger partial charge < -0.3 is 15.4 Å². The molecule has 0 aliphatic heterocycles. The molecule has 2 amide bonds. The molecule has 1 unspecified atom stereocenters. The zero-order valence-electron chi connectivity index (χ0n) is 13.2. The maximum atomic E-state index is 12.5. The van der Waals surface area contributed by atoms with Crippen molar-refractivity contribution < 1.29 is 14.3 Å². The van der Waals surface area contributed by atoms with Crippen molar-refractivity contribution in [1.29, 1.82) is 0 Å². The van der Waals surface area contributed by atoms with E-state index >= 15 is 0 Å². The second kappa shape index (κ2) is 7.82. The Kier molecular flexibility index (Phi) is 5.81. The number of hydrogen-bond acceptors (Lipinski definition) is 3. The molecule has 5 heteroatoms. The molecule has 0 aromatic heterocycles. The van der Waals surface area contributed by atoms with Gasteiger partial charge in [0.2, 0.25) is 11.8 Å². The number of ether oxygens (including phenoxy) is 1. The summed E-state index contributed by atoms with van der Waals surface area (Å²) in [6.45, 7) is 3.99. The molecule has 5 nitrogen and oxygen atoms in total. The average molecular weight is 304 g/mol. The number of nitrogens with one attached hydrogen (secondary N) is 2. The lowest BCUT2D eigenvalue weighted by molar-refractivity contribution is -0.126. The third-order valence-corrected chi connectivity index (χ3v) is 3.95. The summed E-state index contributed by atoms with van der Waals surface area (Å²) < 4.78 is 5.38. The second-order valence-electron chi connectivity index (χ2n) is 5.67. The lowest BCUT2D eigenvalue weighted by atomic mass is 9.97. The lowest BCUT2D eigenvalue weighted by Crippen LogP contribution is -2.47.